The lowest BCUT2D eigenvalue weighted by Gasteiger charge is -2.27. The SMILES string of the molecule is COc1ccc2c(c1OC)C(c1ccc3c(c1)OCO3)=C1C(=O)OC[C@@H]1C2. The van der Waals surface area contributed by atoms with E-state index >= 15 is 0 Å². The standard InChI is InChI=1S/C21H18O6/c1-23-15-6-4-11-7-13-9-25-21(22)19(13)17(18(11)20(15)24-2)12-3-5-14-16(8-12)27-10-26-14/h3-6,8,13H,7,9-10H2,1-2H3/t13-/m0/s1. The summed E-state index contributed by atoms with van der Waals surface area (Å²) in [6.45, 7) is 0.596. The molecule has 0 aromatic heterocycles. The number of hydrogen-bond donors (Lipinski definition) is 0. The molecule has 0 radical (unpaired) electrons. The molecule has 2 aliphatic heterocycles. The average Bonchev–Trinajstić information content (AvgIpc) is 3.31. The summed E-state index contributed by atoms with van der Waals surface area (Å²) >= 11 is 0. The number of rotatable bonds is 3. The van der Waals surface area contributed by atoms with Gasteiger partial charge in [0, 0.05) is 17.1 Å². The second-order valence-corrected chi connectivity index (χ2v) is 6.69. The first-order chi connectivity index (χ1) is 13.2. The van der Waals surface area contributed by atoms with Crippen molar-refractivity contribution in [1.82, 2.24) is 0 Å². The van der Waals surface area contributed by atoms with Gasteiger partial charge in [0.15, 0.2) is 23.0 Å². The molecule has 5 rings (SSSR count). The minimum Gasteiger partial charge on any atom is -0.493 e. The number of ether oxygens (including phenoxy) is 5. The van der Waals surface area contributed by atoms with E-state index in [0.29, 0.717) is 35.2 Å². The number of hydrogen-bond acceptors (Lipinski definition) is 6. The average molecular weight is 366 g/mol. The van der Waals surface area contributed by atoms with Gasteiger partial charge >= 0.3 is 5.97 Å². The number of fused-ring (bicyclic) bond motifs is 3. The predicted octanol–water partition coefficient (Wildman–Crippen LogP) is 2.96. The monoisotopic (exact) mass is 366 g/mol. The summed E-state index contributed by atoms with van der Waals surface area (Å²) in [5.74, 6) is 2.36. The first-order valence-corrected chi connectivity index (χ1v) is 8.76. The quantitative estimate of drug-likeness (QED) is 0.779. The topological polar surface area (TPSA) is 63.2 Å². The van der Waals surface area contributed by atoms with E-state index in [1.165, 1.54) is 0 Å². The third kappa shape index (κ3) is 2.29. The molecule has 1 aliphatic carbocycles. The number of methoxy groups -OCH3 is 2. The van der Waals surface area contributed by atoms with Gasteiger partial charge < -0.3 is 23.7 Å². The lowest BCUT2D eigenvalue weighted by atomic mass is 9.77. The highest BCUT2D eigenvalue weighted by Gasteiger charge is 2.40. The molecular formula is C21H18O6. The maximum atomic E-state index is 12.6. The van der Waals surface area contributed by atoms with E-state index in [9.17, 15) is 4.79 Å². The molecule has 2 heterocycles. The summed E-state index contributed by atoms with van der Waals surface area (Å²) in [7, 11) is 3.21. The number of carbonyl (C=O) groups excluding carboxylic acids is 1. The Morgan fingerprint density at radius 3 is 2.67 bits per heavy atom. The van der Waals surface area contributed by atoms with Crippen LogP contribution in [0.25, 0.3) is 5.57 Å². The van der Waals surface area contributed by atoms with Crippen molar-refractivity contribution in [2.75, 3.05) is 27.6 Å². The summed E-state index contributed by atoms with van der Waals surface area (Å²) in [5.41, 5.74) is 4.35. The normalized spacial score (nSPS) is 19.5. The fourth-order valence-electron chi connectivity index (χ4n) is 4.14. The zero-order valence-electron chi connectivity index (χ0n) is 15.0. The molecular weight excluding hydrogens is 348 g/mol. The van der Waals surface area contributed by atoms with Gasteiger partial charge in [-0.3, -0.25) is 0 Å². The molecule has 6 nitrogen and oxygen atoms in total. The smallest absolute Gasteiger partial charge is 0.335 e. The lowest BCUT2D eigenvalue weighted by Crippen LogP contribution is -2.18. The van der Waals surface area contributed by atoms with Crippen molar-refractivity contribution < 1.29 is 28.5 Å². The van der Waals surface area contributed by atoms with Crippen molar-refractivity contribution in [3.8, 4) is 23.0 Å². The Morgan fingerprint density at radius 1 is 1.00 bits per heavy atom. The van der Waals surface area contributed by atoms with Gasteiger partial charge in [0.25, 0.3) is 0 Å². The molecule has 6 heteroatoms. The zero-order chi connectivity index (χ0) is 18.5. The van der Waals surface area contributed by atoms with Crippen molar-refractivity contribution in [2.45, 2.75) is 6.42 Å². The summed E-state index contributed by atoms with van der Waals surface area (Å²) < 4.78 is 27.5. The Kier molecular flexibility index (Phi) is 3.53. The van der Waals surface area contributed by atoms with Gasteiger partial charge in [-0.05, 0) is 35.7 Å². The van der Waals surface area contributed by atoms with Crippen LogP contribution in [0, 0.1) is 5.92 Å². The molecule has 0 N–H and O–H groups in total. The van der Waals surface area contributed by atoms with Crippen LogP contribution in [0.3, 0.4) is 0 Å². The molecule has 0 spiro atoms. The molecule has 138 valence electrons. The first kappa shape index (κ1) is 16.1. The van der Waals surface area contributed by atoms with Crippen molar-refractivity contribution >= 4 is 11.5 Å². The molecule has 27 heavy (non-hydrogen) atoms. The molecule has 3 aliphatic rings. The van der Waals surface area contributed by atoms with Crippen LogP contribution in [0.4, 0.5) is 0 Å². The van der Waals surface area contributed by atoms with Gasteiger partial charge in [-0.25, -0.2) is 4.79 Å². The fraction of sp³-hybridized carbons (Fsp3) is 0.286. The van der Waals surface area contributed by atoms with E-state index in [1.54, 1.807) is 14.2 Å². The van der Waals surface area contributed by atoms with Gasteiger partial charge in [0.05, 0.1) is 26.4 Å². The van der Waals surface area contributed by atoms with Gasteiger partial charge in [-0.15, -0.1) is 0 Å². The molecule has 0 unspecified atom stereocenters. The fourth-order valence-corrected chi connectivity index (χ4v) is 4.14. The highest BCUT2D eigenvalue weighted by Crippen LogP contribution is 2.49. The van der Waals surface area contributed by atoms with Crippen molar-refractivity contribution in [1.29, 1.82) is 0 Å². The first-order valence-electron chi connectivity index (χ1n) is 8.76. The minimum atomic E-state index is -0.275. The van der Waals surface area contributed by atoms with Crippen molar-refractivity contribution in [2.24, 2.45) is 5.92 Å². The van der Waals surface area contributed by atoms with Gasteiger partial charge in [0.2, 0.25) is 6.79 Å². The molecule has 0 amide bonds. The molecule has 0 bridgehead atoms. The van der Waals surface area contributed by atoms with Crippen LogP contribution in [0.15, 0.2) is 35.9 Å². The zero-order valence-corrected chi connectivity index (χ0v) is 15.0. The third-order valence-corrected chi connectivity index (χ3v) is 5.32. The van der Waals surface area contributed by atoms with Crippen LogP contribution in [-0.4, -0.2) is 33.6 Å². The molecule has 2 aromatic rings. The Morgan fingerprint density at radius 2 is 1.85 bits per heavy atom. The second kappa shape index (κ2) is 5.94. The second-order valence-electron chi connectivity index (χ2n) is 6.69. The number of carbonyl (C=O) groups is 1. The van der Waals surface area contributed by atoms with E-state index in [1.807, 2.05) is 30.3 Å². The van der Waals surface area contributed by atoms with Crippen LogP contribution in [0.2, 0.25) is 0 Å². The van der Waals surface area contributed by atoms with Crippen LogP contribution >= 0.6 is 0 Å². The van der Waals surface area contributed by atoms with Crippen LogP contribution in [0.1, 0.15) is 16.7 Å². The summed E-state index contributed by atoms with van der Waals surface area (Å²) in [6.07, 6.45) is 0.727. The Balaban J connectivity index is 1.81. The lowest BCUT2D eigenvalue weighted by molar-refractivity contribution is -0.135. The predicted molar refractivity (Wildman–Crippen MR) is 96.3 cm³/mol. The van der Waals surface area contributed by atoms with E-state index in [4.69, 9.17) is 23.7 Å². The van der Waals surface area contributed by atoms with E-state index in [0.717, 1.165) is 28.7 Å². The molecule has 1 atom stereocenters. The highest BCUT2D eigenvalue weighted by atomic mass is 16.7. The number of esters is 1. The van der Waals surface area contributed by atoms with Gasteiger partial charge in [-0.1, -0.05) is 12.1 Å². The Labute approximate surface area is 156 Å². The van der Waals surface area contributed by atoms with Crippen LogP contribution in [-0.2, 0) is 16.0 Å². The maximum Gasteiger partial charge on any atom is 0.335 e. The van der Waals surface area contributed by atoms with Crippen LogP contribution < -0.4 is 18.9 Å². The van der Waals surface area contributed by atoms with Crippen molar-refractivity contribution in [3.05, 3.63) is 52.6 Å². The highest BCUT2D eigenvalue weighted by molar-refractivity contribution is 6.06. The summed E-state index contributed by atoms with van der Waals surface area (Å²) in [4.78, 5) is 12.6. The Bertz CT molecular complexity index is 990. The number of benzene rings is 2. The van der Waals surface area contributed by atoms with Crippen LogP contribution in [0.5, 0.6) is 23.0 Å². The van der Waals surface area contributed by atoms with Crippen molar-refractivity contribution in [3.63, 3.8) is 0 Å². The molecule has 2 aromatic carbocycles. The van der Waals surface area contributed by atoms with E-state index in [-0.39, 0.29) is 18.7 Å². The largest absolute Gasteiger partial charge is 0.493 e. The summed E-state index contributed by atoms with van der Waals surface area (Å²) in [6, 6.07) is 9.64. The van der Waals surface area contributed by atoms with Gasteiger partial charge in [-0.2, -0.15) is 0 Å². The van der Waals surface area contributed by atoms with E-state index < -0.39 is 0 Å². The van der Waals surface area contributed by atoms with Gasteiger partial charge in [0.1, 0.15) is 0 Å². The molecule has 0 saturated carbocycles. The Hall–Kier alpha value is -3.15. The van der Waals surface area contributed by atoms with E-state index in [2.05, 4.69) is 0 Å². The molecule has 1 saturated heterocycles. The summed E-state index contributed by atoms with van der Waals surface area (Å²) in [5, 5.41) is 0. The number of cyclic esters (lactones) is 1. The third-order valence-electron chi connectivity index (χ3n) is 5.32. The molecule has 1 fully saturated rings. The minimum absolute atomic E-state index is 0.0310. The maximum absolute atomic E-state index is 12.6.